The summed E-state index contributed by atoms with van der Waals surface area (Å²) in [7, 11) is 0. The Bertz CT molecular complexity index is 397. The number of aliphatic hydroxyl groups is 1. The highest BCUT2D eigenvalue weighted by molar-refractivity contribution is 5.23. The maximum atomic E-state index is 10.9. The largest absolute Gasteiger partial charge is 0.382 e. The molecule has 2 unspecified atom stereocenters. The van der Waals surface area contributed by atoms with E-state index >= 15 is 0 Å². The molecule has 1 fully saturated rings. The summed E-state index contributed by atoms with van der Waals surface area (Å²) in [5, 5.41) is 10.9. The van der Waals surface area contributed by atoms with Gasteiger partial charge in [0.15, 0.2) is 0 Å². The smallest absolute Gasteiger partial charge is 0.114 e. The maximum Gasteiger partial charge on any atom is 0.114 e. The van der Waals surface area contributed by atoms with Crippen LogP contribution in [-0.4, -0.2) is 48.9 Å². The van der Waals surface area contributed by atoms with Crippen LogP contribution in [0.4, 0.5) is 0 Å². The summed E-state index contributed by atoms with van der Waals surface area (Å²) in [6, 6.07) is 9.71. The minimum atomic E-state index is -0.977. The molecule has 3 N–H and O–H groups in total. The van der Waals surface area contributed by atoms with E-state index in [2.05, 4.69) is 4.90 Å². The Morgan fingerprint density at radius 3 is 2.80 bits per heavy atom. The lowest BCUT2D eigenvalue weighted by Gasteiger charge is -2.38. The molecule has 0 bridgehead atoms. The molecular weight excluding hydrogens is 252 g/mol. The van der Waals surface area contributed by atoms with Crippen LogP contribution in [0.2, 0.25) is 0 Å². The van der Waals surface area contributed by atoms with Crippen molar-refractivity contribution in [3.63, 3.8) is 0 Å². The molecule has 112 valence electrons. The lowest BCUT2D eigenvalue weighted by Crippen LogP contribution is -2.50. The van der Waals surface area contributed by atoms with E-state index in [0.29, 0.717) is 6.54 Å². The van der Waals surface area contributed by atoms with Gasteiger partial charge in [-0.2, -0.15) is 0 Å². The van der Waals surface area contributed by atoms with E-state index in [1.807, 2.05) is 37.3 Å². The van der Waals surface area contributed by atoms with Gasteiger partial charge in [0.1, 0.15) is 5.60 Å². The number of benzene rings is 1. The van der Waals surface area contributed by atoms with Gasteiger partial charge in [-0.05, 0) is 31.9 Å². The Balaban J connectivity index is 2.02. The van der Waals surface area contributed by atoms with Gasteiger partial charge in [0.25, 0.3) is 0 Å². The zero-order valence-corrected chi connectivity index (χ0v) is 12.3. The predicted molar refractivity (Wildman–Crippen MR) is 80.5 cm³/mol. The monoisotopic (exact) mass is 278 g/mol. The molecule has 20 heavy (non-hydrogen) atoms. The molecule has 0 amide bonds. The molecule has 4 nitrogen and oxygen atoms in total. The Hall–Kier alpha value is -0.940. The fourth-order valence-corrected chi connectivity index (χ4v) is 2.92. The van der Waals surface area contributed by atoms with Crippen LogP contribution in [0.25, 0.3) is 0 Å². The van der Waals surface area contributed by atoms with Crippen LogP contribution in [0, 0.1) is 0 Å². The highest BCUT2D eigenvalue weighted by Crippen LogP contribution is 2.23. The number of β-amino-alcohol motifs (C(OH)–C–C–N with tert-alkyl or cyclic N) is 1. The lowest BCUT2D eigenvalue weighted by molar-refractivity contribution is -0.0376. The van der Waals surface area contributed by atoms with E-state index in [4.69, 9.17) is 10.5 Å². The normalized spacial score (nSPS) is 23.4. The zero-order chi connectivity index (χ0) is 14.4. The summed E-state index contributed by atoms with van der Waals surface area (Å²) in [5.41, 5.74) is 5.75. The molecular formula is C16H26N2O2. The molecule has 4 heteroatoms. The molecule has 0 aromatic heterocycles. The van der Waals surface area contributed by atoms with Gasteiger partial charge in [0.2, 0.25) is 0 Å². The number of ether oxygens (including phenoxy) is 1. The first-order valence-electron chi connectivity index (χ1n) is 7.50. The van der Waals surface area contributed by atoms with Crippen molar-refractivity contribution in [2.45, 2.75) is 31.5 Å². The second-order valence-corrected chi connectivity index (χ2v) is 5.56. The van der Waals surface area contributed by atoms with E-state index in [1.54, 1.807) is 0 Å². The van der Waals surface area contributed by atoms with Crippen LogP contribution in [-0.2, 0) is 10.3 Å². The average Bonchev–Trinajstić information content (AvgIpc) is 2.49. The predicted octanol–water partition coefficient (Wildman–Crippen LogP) is 1.33. The van der Waals surface area contributed by atoms with Crippen molar-refractivity contribution in [2.75, 3.05) is 32.8 Å². The van der Waals surface area contributed by atoms with E-state index in [1.165, 1.54) is 0 Å². The summed E-state index contributed by atoms with van der Waals surface area (Å²) in [6.45, 7) is 5.45. The maximum absolute atomic E-state index is 10.9. The lowest BCUT2D eigenvalue weighted by atomic mass is 9.92. The third kappa shape index (κ3) is 3.79. The molecule has 1 aromatic carbocycles. The zero-order valence-electron chi connectivity index (χ0n) is 12.3. The van der Waals surface area contributed by atoms with Gasteiger partial charge in [-0.25, -0.2) is 0 Å². The van der Waals surface area contributed by atoms with Crippen LogP contribution in [0.1, 0.15) is 25.3 Å². The number of likely N-dealkylation sites (tertiary alicyclic amines) is 1. The van der Waals surface area contributed by atoms with Crippen molar-refractivity contribution in [1.82, 2.24) is 4.90 Å². The van der Waals surface area contributed by atoms with Gasteiger partial charge >= 0.3 is 0 Å². The summed E-state index contributed by atoms with van der Waals surface area (Å²) in [4.78, 5) is 2.27. The Morgan fingerprint density at radius 2 is 2.15 bits per heavy atom. The summed E-state index contributed by atoms with van der Waals surface area (Å²) >= 11 is 0. The fraction of sp³-hybridized carbons (Fsp3) is 0.625. The number of nitrogens with two attached hydrogens (primary N) is 1. The first-order valence-corrected chi connectivity index (χ1v) is 7.50. The van der Waals surface area contributed by atoms with E-state index < -0.39 is 5.60 Å². The van der Waals surface area contributed by atoms with Gasteiger partial charge in [-0.3, -0.25) is 4.90 Å². The summed E-state index contributed by atoms with van der Waals surface area (Å²) in [6.07, 6.45) is 2.50. The fourth-order valence-electron chi connectivity index (χ4n) is 2.92. The Morgan fingerprint density at radius 1 is 1.40 bits per heavy atom. The van der Waals surface area contributed by atoms with Gasteiger partial charge in [-0.15, -0.1) is 0 Å². The summed E-state index contributed by atoms with van der Waals surface area (Å²) < 4.78 is 5.71. The SMILES string of the molecule is CCOC1CCCN(CC(O)(CN)c2ccccc2)C1. The van der Waals surface area contributed by atoms with Crippen LogP contribution >= 0.6 is 0 Å². The van der Waals surface area contributed by atoms with Crippen molar-refractivity contribution in [3.05, 3.63) is 35.9 Å². The van der Waals surface area contributed by atoms with Gasteiger partial charge in [-0.1, -0.05) is 30.3 Å². The van der Waals surface area contributed by atoms with Crippen molar-refractivity contribution in [1.29, 1.82) is 0 Å². The molecule has 2 atom stereocenters. The topological polar surface area (TPSA) is 58.7 Å². The molecule has 1 heterocycles. The number of nitrogens with zero attached hydrogens (tertiary/aromatic N) is 1. The first kappa shape index (κ1) is 15.4. The summed E-state index contributed by atoms with van der Waals surface area (Å²) in [5.74, 6) is 0. The van der Waals surface area contributed by atoms with Gasteiger partial charge in [0.05, 0.1) is 6.10 Å². The standard InChI is InChI=1S/C16H26N2O2/c1-2-20-15-9-6-10-18(11-15)13-16(19,12-17)14-7-4-3-5-8-14/h3-5,7-8,15,19H,2,6,9-13,17H2,1H3. The molecule has 0 aliphatic carbocycles. The molecule has 1 aromatic rings. The van der Waals surface area contributed by atoms with E-state index in [9.17, 15) is 5.11 Å². The van der Waals surface area contributed by atoms with Gasteiger partial charge in [0, 0.05) is 26.2 Å². The highest BCUT2D eigenvalue weighted by Gasteiger charge is 2.32. The second-order valence-electron chi connectivity index (χ2n) is 5.56. The average molecular weight is 278 g/mol. The molecule has 1 aliphatic heterocycles. The van der Waals surface area contributed by atoms with Crippen molar-refractivity contribution in [3.8, 4) is 0 Å². The Kier molecular flexibility index (Phi) is 5.54. The number of hydrogen-bond acceptors (Lipinski definition) is 4. The third-order valence-corrected chi connectivity index (χ3v) is 4.00. The molecule has 1 saturated heterocycles. The first-order chi connectivity index (χ1) is 9.68. The Labute approximate surface area is 121 Å². The number of rotatable bonds is 6. The number of hydrogen-bond donors (Lipinski definition) is 2. The van der Waals surface area contributed by atoms with E-state index in [0.717, 1.165) is 38.1 Å². The molecule has 0 spiro atoms. The van der Waals surface area contributed by atoms with Crippen LogP contribution in [0.3, 0.4) is 0 Å². The minimum Gasteiger partial charge on any atom is -0.382 e. The highest BCUT2D eigenvalue weighted by atomic mass is 16.5. The second kappa shape index (κ2) is 7.18. The minimum absolute atomic E-state index is 0.229. The van der Waals surface area contributed by atoms with E-state index in [-0.39, 0.29) is 12.6 Å². The molecule has 2 rings (SSSR count). The van der Waals surface area contributed by atoms with Crippen molar-refractivity contribution < 1.29 is 9.84 Å². The number of piperidine rings is 1. The van der Waals surface area contributed by atoms with Crippen LogP contribution in [0.5, 0.6) is 0 Å². The van der Waals surface area contributed by atoms with Crippen molar-refractivity contribution in [2.24, 2.45) is 5.73 Å². The molecule has 0 radical (unpaired) electrons. The van der Waals surface area contributed by atoms with Crippen LogP contribution < -0.4 is 5.73 Å². The third-order valence-electron chi connectivity index (χ3n) is 4.00. The molecule has 1 aliphatic rings. The molecule has 0 saturated carbocycles. The van der Waals surface area contributed by atoms with Gasteiger partial charge < -0.3 is 15.6 Å². The van der Waals surface area contributed by atoms with Crippen molar-refractivity contribution >= 4 is 0 Å². The van der Waals surface area contributed by atoms with Crippen LogP contribution in [0.15, 0.2) is 30.3 Å². The quantitative estimate of drug-likeness (QED) is 0.824.